The molecule has 0 saturated heterocycles. The number of amides is 2. The van der Waals surface area contributed by atoms with Crippen molar-refractivity contribution in [3.05, 3.63) is 48.0 Å². The second-order valence-corrected chi connectivity index (χ2v) is 5.48. The number of carbonyl (C=O) groups excluding carboxylic acids is 1. The lowest BCUT2D eigenvalue weighted by Gasteiger charge is -2.22. The van der Waals surface area contributed by atoms with E-state index in [1.807, 2.05) is 37.3 Å². The first kappa shape index (κ1) is 20.6. The number of carbonyl (C=O) groups is 1. The van der Waals surface area contributed by atoms with Crippen molar-refractivity contribution in [2.45, 2.75) is 20.8 Å². The number of halogens is 1. The lowest BCUT2D eigenvalue weighted by atomic mass is 10.1. The van der Waals surface area contributed by atoms with Crippen molar-refractivity contribution in [3.63, 3.8) is 0 Å². The maximum absolute atomic E-state index is 12.2. The van der Waals surface area contributed by atoms with E-state index in [1.54, 1.807) is 13.2 Å². The molecule has 0 unspecified atom stereocenters. The lowest BCUT2D eigenvalue weighted by Crippen LogP contribution is -3.00. The van der Waals surface area contributed by atoms with E-state index in [0.29, 0.717) is 11.4 Å². The fraction of sp³-hybridized carbons (Fsp3) is 0.316. The summed E-state index contributed by atoms with van der Waals surface area (Å²) < 4.78 is 5.15. The Morgan fingerprint density at radius 1 is 1.08 bits per heavy atom. The summed E-state index contributed by atoms with van der Waals surface area (Å²) in [5, 5.41) is 5.70. The number of rotatable bonds is 6. The van der Waals surface area contributed by atoms with Gasteiger partial charge < -0.3 is 32.7 Å². The molecule has 2 N–H and O–H groups in total. The van der Waals surface area contributed by atoms with Crippen LogP contribution >= 0.6 is 0 Å². The van der Waals surface area contributed by atoms with Crippen molar-refractivity contribution in [1.29, 1.82) is 0 Å². The second kappa shape index (κ2) is 9.79. The third-order valence-corrected chi connectivity index (χ3v) is 3.91. The molecule has 5 nitrogen and oxygen atoms in total. The number of benzene rings is 2. The molecule has 0 aromatic heterocycles. The molecule has 2 aromatic carbocycles. The standard InChI is InChI=1S/C19H25N3O2.ClH/c1-5-22(6-2)16-10-11-18(14(3)12-16)21-19(23)20-15-8-7-9-17(13-15)24-4;/h7-13H,5-6H2,1-4H3,(H2,20,21,23);1H/p-1. The molecule has 0 fully saturated rings. The van der Waals surface area contributed by atoms with Gasteiger partial charge in [0, 0.05) is 36.2 Å². The summed E-state index contributed by atoms with van der Waals surface area (Å²) in [6.45, 7) is 8.17. The molecule has 2 aromatic rings. The number of urea groups is 1. The molecule has 2 amide bonds. The first-order chi connectivity index (χ1) is 11.6. The van der Waals surface area contributed by atoms with Gasteiger partial charge in [-0.1, -0.05) is 6.07 Å². The molecule has 136 valence electrons. The fourth-order valence-corrected chi connectivity index (χ4v) is 2.56. The van der Waals surface area contributed by atoms with Crippen molar-refractivity contribution in [2.75, 3.05) is 35.7 Å². The molecular formula is C19H25ClN3O2-. The summed E-state index contributed by atoms with van der Waals surface area (Å²) in [6.07, 6.45) is 0. The summed E-state index contributed by atoms with van der Waals surface area (Å²) in [7, 11) is 1.60. The number of ether oxygens (including phenoxy) is 1. The highest BCUT2D eigenvalue weighted by Gasteiger charge is 2.08. The first-order valence-corrected chi connectivity index (χ1v) is 8.15. The minimum atomic E-state index is -0.276. The Bertz CT molecular complexity index is 703. The second-order valence-electron chi connectivity index (χ2n) is 5.48. The summed E-state index contributed by atoms with van der Waals surface area (Å²) in [4.78, 5) is 14.5. The molecule has 2 rings (SSSR count). The van der Waals surface area contributed by atoms with E-state index in [0.717, 1.165) is 30.0 Å². The Balaban J connectivity index is 0.00000312. The van der Waals surface area contributed by atoms with Crippen molar-refractivity contribution >= 4 is 23.1 Å². The minimum absolute atomic E-state index is 0. The van der Waals surface area contributed by atoms with Crippen LogP contribution in [0, 0.1) is 6.92 Å². The Morgan fingerprint density at radius 3 is 2.40 bits per heavy atom. The average Bonchev–Trinajstić information content (AvgIpc) is 2.58. The van der Waals surface area contributed by atoms with Crippen LogP contribution in [0.2, 0.25) is 0 Å². The number of hydrogen-bond acceptors (Lipinski definition) is 3. The maximum Gasteiger partial charge on any atom is 0.323 e. The van der Waals surface area contributed by atoms with E-state index in [4.69, 9.17) is 4.74 Å². The molecule has 0 aliphatic heterocycles. The van der Waals surface area contributed by atoms with Gasteiger partial charge in [0.2, 0.25) is 0 Å². The highest BCUT2D eigenvalue weighted by Crippen LogP contribution is 2.23. The fourth-order valence-electron chi connectivity index (χ4n) is 2.56. The number of nitrogens with one attached hydrogen (secondary N) is 2. The van der Waals surface area contributed by atoms with Gasteiger partial charge in [-0.3, -0.25) is 0 Å². The van der Waals surface area contributed by atoms with Crippen LogP contribution in [0.25, 0.3) is 0 Å². The van der Waals surface area contributed by atoms with Crippen molar-refractivity contribution in [3.8, 4) is 5.75 Å². The monoisotopic (exact) mass is 362 g/mol. The molecular weight excluding hydrogens is 338 g/mol. The highest BCUT2D eigenvalue weighted by atomic mass is 35.5. The van der Waals surface area contributed by atoms with Gasteiger partial charge in [0.25, 0.3) is 0 Å². The Hall–Kier alpha value is -2.40. The van der Waals surface area contributed by atoms with Crippen LogP contribution in [0.5, 0.6) is 5.75 Å². The molecule has 0 radical (unpaired) electrons. The average molecular weight is 363 g/mol. The molecule has 0 spiro atoms. The van der Waals surface area contributed by atoms with Gasteiger partial charge in [0.1, 0.15) is 5.75 Å². The first-order valence-electron chi connectivity index (χ1n) is 8.15. The van der Waals surface area contributed by atoms with Gasteiger partial charge in [0.15, 0.2) is 0 Å². The summed E-state index contributed by atoms with van der Waals surface area (Å²) in [6, 6.07) is 13.0. The van der Waals surface area contributed by atoms with Gasteiger partial charge in [-0.15, -0.1) is 0 Å². The maximum atomic E-state index is 12.2. The zero-order valence-corrected chi connectivity index (χ0v) is 15.9. The molecule has 0 aliphatic rings. The summed E-state index contributed by atoms with van der Waals surface area (Å²) in [5.41, 5.74) is 3.67. The van der Waals surface area contributed by atoms with Crippen LogP contribution in [0.3, 0.4) is 0 Å². The predicted octanol–water partition coefficient (Wildman–Crippen LogP) is 1.50. The lowest BCUT2D eigenvalue weighted by molar-refractivity contribution is -0.00000827. The van der Waals surface area contributed by atoms with Gasteiger partial charge in [0.05, 0.1) is 7.11 Å². The Kier molecular flexibility index (Phi) is 8.08. The van der Waals surface area contributed by atoms with Crippen molar-refractivity contribution < 1.29 is 21.9 Å². The minimum Gasteiger partial charge on any atom is -1.00 e. The highest BCUT2D eigenvalue weighted by molar-refractivity contribution is 6.00. The largest absolute Gasteiger partial charge is 1.00 e. The van der Waals surface area contributed by atoms with E-state index >= 15 is 0 Å². The topological polar surface area (TPSA) is 53.6 Å². The summed E-state index contributed by atoms with van der Waals surface area (Å²) >= 11 is 0. The molecule has 0 atom stereocenters. The van der Waals surface area contributed by atoms with Crippen LogP contribution in [0.4, 0.5) is 21.9 Å². The van der Waals surface area contributed by atoms with Gasteiger partial charge in [-0.25, -0.2) is 4.79 Å². The molecule has 0 aliphatic carbocycles. The molecule has 0 heterocycles. The van der Waals surface area contributed by atoms with Crippen LogP contribution in [-0.4, -0.2) is 26.2 Å². The predicted molar refractivity (Wildman–Crippen MR) is 100 cm³/mol. The SMILES string of the molecule is CCN(CC)c1ccc(NC(=O)Nc2cccc(OC)c2)c(C)c1.[Cl-]. The van der Waals surface area contributed by atoms with Gasteiger partial charge >= 0.3 is 6.03 Å². The zero-order valence-electron chi connectivity index (χ0n) is 15.1. The normalized spacial score (nSPS) is 9.76. The Morgan fingerprint density at radius 2 is 1.80 bits per heavy atom. The molecule has 0 bridgehead atoms. The van der Waals surface area contributed by atoms with E-state index in [2.05, 4.69) is 35.4 Å². The third-order valence-electron chi connectivity index (χ3n) is 3.91. The Labute approximate surface area is 155 Å². The molecule has 25 heavy (non-hydrogen) atoms. The number of nitrogens with zero attached hydrogens (tertiary/aromatic N) is 1. The smallest absolute Gasteiger partial charge is 0.323 e. The van der Waals surface area contributed by atoms with Crippen molar-refractivity contribution in [1.82, 2.24) is 0 Å². The van der Waals surface area contributed by atoms with Crippen LogP contribution in [-0.2, 0) is 0 Å². The number of aryl methyl sites for hydroxylation is 1. The summed E-state index contributed by atoms with van der Waals surface area (Å²) in [5.74, 6) is 0.701. The van der Waals surface area contributed by atoms with Crippen LogP contribution in [0.1, 0.15) is 19.4 Å². The van der Waals surface area contributed by atoms with Crippen LogP contribution < -0.4 is 32.7 Å². The van der Waals surface area contributed by atoms with Crippen LogP contribution in [0.15, 0.2) is 42.5 Å². The number of hydrogen-bond donors (Lipinski definition) is 2. The third kappa shape index (κ3) is 5.57. The molecule has 0 saturated carbocycles. The van der Waals surface area contributed by atoms with Gasteiger partial charge in [-0.2, -0.15) is 0 Å². The number of anilines is 3. The number of methoxy groups -OCH3 is 1. The van der Waals surface area contributed by atoms with E-state index in [-0.39, 0.29) is 18.4 Å². The molecule has 6 heteroatoms. The zero-order chi connectivity index (χ0) is 17.5. The van der Waals surface area contributed by atoms with E-state index in [9.17, 15) is 4.79 Å². The quantitative estimate of drug-likeness (QED) is 0.818. The van der Waals surface area contributed by atoms with E-state index in [1.165, 1.54) is 0 Å². The van der Waals surface area contributed by atoms with Gasteiger partial charge in [-0.05, 0) is 56.7 Å². The van der Waals surface area contributed by atoms with E-state index < -0.39 is 0 Å². The van der Waals surface area contributed by atoms with Crippen molar-refractivity contribution in [2.24, 2.45) is 0 Å².